The van der Waals surface area contributed by atoms with E-state index in [2.05, 4.69) is 34.9 Å². The number of carbonyl (C=O) groups is 2. The summed E-state index contributed by atoms with van der Waals surface area (Å²) in [7, 11) is 7.12. The Bertz CT molecular complexity index is 943. The number of nitrogens with zero attached hydrogens (tertiary/aromatic N) is 1. The second kappa shape index (κ2) is 19.9. The molecule has 0 aliphatic heterocycles. The molecule has 0 radical (unpaired) electrons. The Kier molecular flexibility index (Phi) is 17.4. The molecule has 0 heterocycles. The van der Waals surface area contributed by atoms with Crippen molar-refractivity contribution in [2.24, 2.45) is 5.92 Å². The van der Waals surface area contributed by atoms with Gasteiger partial charge in [-0.2, -0.15) is 0 Å². The summed E-state index contributed by atoms with van der Waals surface area (Å²) in [5.41, 5.74) is 2.39. The molecule has 0 aromatic heterocycles. The molecule has 2 amide bonds. The number of benzene rings is 2. The molecule has 2 aromatic rings. The number of likely N-dealkylation sites (N-methyl/N-ethyl adjacent to an activating group) is 1. The number of unbranched alkanes of at least 4 members (excludes halogenated alkanes) is 4. The Morgan fingerprint density at radius 3 is 2.08 bits per heavy atom. The lowest BCUT2D eigenvalue weighted by molar-refractivity contribution is -0.871. The number of rotatable bonds is 17. The van der Waals surface area contributed by atoms with Crippen LogP contribution in [-0.2, 0) is 9.53 Å². The third-order valence-electron chi connectivity index (χ3n) is 5.93. The van der Waals surface area contributed by atoms with Crippen LogP contribution in [0.1, 0.15) is 52.4 Å². The molecule has 2 aromatic carbocycles. The van der Waals surface area contributed by atoms with Crippen LogP contribution in [0, 0.1) is 5.92 Å². The highest BCUT2D eigenvalue weighted by molar-refractivity contribution is 5.76. The van der Waals surface area contributed by atoms with E-state index in [1.54, 1.807) is 0 Å². The predicted octanol–water partition coefficient (Wildman–Crippen LogP) is 5.25. The molecule has 8 heteroatoms. The molecular weight excluding hydrogens is 506 g/mol. The lowest BCUT2D eigenvalue weighted by Gasteiger charge is -2.29. The van der Waals surface area contributed by atoms with Gasteiger partial charge in [0.1, 0.15) is 5.75 Å². The van der Waals surface area contributed by atoms with E-state index in [4.69, 9.17) is 14.6 Å². The molecule has 0 saturated carbocycles. The van der Waals surface area contributed by atoms with Crippen molar-refractivity contribution >= 4 is 12.0 Å². The number of nitrogens with one attached hydrogen (secondary N) is 2. The lowest BCUT2D eigenvalue weighted by Crippen LogP contribution is -2.52. The van der Waals surface area contributed by atoms with E-state index in [-0.39, 0.29) is 30.4 Å². The molecular formula is C32H52N3O5+. The Balaban J connectivity index is 0.00000391. The summed E-state index contributed by atoms with van der Waals surface area (Å²) < 4.78 is 11.8. The maximum atomic E-state index is 12.4. The van der Waals surface area contributed by atoms with Crippen LogP contribution in [0.5, 0.6) is 5.75 Å². The van der Waals surface area contributed by atoms with E-state index in [1.807, 2.05) is 65.3 Å². The number of urea groups is 1. The van der Waals surface area contributed by atoms with E-state index in [0.717, 1.165) is 45.0 Å². The van der Waals surface area contributed by atoms with E-state index < -0.39 is 0 Å². The molecule has 40 heavy (non-hydrogen) atoms. The molecule has 1 atom stereocenters. The van der Waals surface area contributed by atoms with Gasteiger partial charge in [0, 0.05) is 13.7 Å². The van der Waals surface area contributed by atoms with Crippen LogP contribution in [0.25, 0.3) is 11.1 Å². The van der Waals surface area contributed by atoms with Crippen LogP contribution < -0.4 is 15.4 Å². The van der Waals surface area contributed by atoms with Crippen LogP contribution in [0.2, 0.25) is 0 Å². The Morgan fingerprint density at radius 2 is 1.45 bits per heavy atom. The zero-order valence-corrected chi connectivity index (χ0v) is 25.4. The molecule has 8 nitrogen and oxygen atoms in total. The minimum atomic E-state index is -0.274. The van der Waals surface area contributed by atoms with Crippen molar-refractivity contribution in [3.8, 4) is 16.9 Å². The number of quaternary nitrogens is 1. The summed E-state index contributed by atoms with van der Waals surface area (Å²) in [5.74, 6) is 0.916. The first-order valence-electron chi connectivity index (χ1n) is 14.4. The summed E-state index contributed by atoms with van der Waals surface area (Å²) in [6.07, 6.45) is 5.36. The molecule has 0 unspecified atom stereocenters. The molecule has 0 aliphatic rings. The first-order valence-corrected chi connectivity index (χ1v) is 14.4. The molecule has 0 bridgehead atoms. The molecule has 0 fully saturated rings. The number of ether oxygens (including phenoxy) is 2. The minimum absolute atomic E-state index is 0.175. The monoisotopic (exact) mass is 558 g/mol. The summed E-state index contributed by atoms with van der Waals surface area (Å²) in [5, 5.41) is 12.9. The second-order valence-electron chi connectivity index (χ2n) is 11.4. The van der Waals surface area contributed by atoms with Crippen LogP contribution in [0.3, 0.4) is 0 Å². The van der Waals surface area contributed by atoms with Crippen molar-refractivity contribution in [3.63, 3.8) is 0 Å². The summed E-state index contributed by atoms with van der Waals surface area (Å²) in [4.78, 5) is 24.6. The van der Waals surface area contributed by atoms with Gasteiger partial charge in [-0.05, 0) is 42.0 Å². The molecule has 224 valence electrons. The van der Waals surface area contributed by atoms with Crippen LogP contribution in [-0.4, -0.2) is 82.2 Å². The molecule has 0 spiro atoms. The average Bonchev–Trinajstić information content (AvgIpc) is 2.92. The normalized spacial score (nSPS) is 11.7. The smallest absolute Gasteiger partial charge is 0.315 e. The van der Waals surface area contributed by atoms with E-state index in [9.17, 15) is 9.59 Å². The van der Waals surface area contributed by atoms with E-state index in [0.29, 0.717) is 30.8 Å². The fraction of sp³-hybridized carbons (Fsp3) is 0.562. The number of amides is 2. The van der Waals surface area contributed by atoms with Gasteiger partial charge in [-0.15, -0.1) is 0 Å². The number of aliphatic hydroxyl groups is 1. The van der Waals surface area contributed by atoms with Crippen molar-refractivity contribution in [2.75, 3.05) is 54.6 Å². The largest absolute Gasteiger partial charge is 0.494 e. The van der Waals surface area contributed by atoms with E-state index in [1.165, 1.54) is 11.1 Å². The molecule has 0 saturated heterocycles. The van der Waals surface area contributed by atoms with Gasteiger partial charge in [-0.3, -0.25) is 4.79 Å². The van der Waals surface area contributed by atoms with Gasteiger partial charge in [-0.25, -0.2) is 4.79 Å². The van der Waals surface area contributed by atoms with Gasteiger partial charge < -0.3 is 29.7 Å². The highest BCUT2D eigenvalue weighted by Crippen LogP contribution is 2.22. The zero-order valence-electron chi connectivity index (χ0n) is 25.4. The van der Waals surface area contributed by atoms with Crippen LogP contribution in [0.4, 0.5) is 4.79 Å². The Morgan fingerprint density at radius 1 is 0.850 bits per heavy atom. The van der Waals surface area contributed by atoms with Crippen LogP contribution in [0.15, 0.2) is 54.6 Å². The SMILES string of the molecule is CC(C)COC(=O)C[C@H](C[N+](C)(C)C)NC(=O)NCCCCCCCOc1ccc(-c2ccccc2)cc1.CO. The van der Waals surface area contributed by atoms with Crippen LogP contribution >= 0.6 is 0 Å². The topological polar surface area (TPSA) is 96.9 Å². The lowest BCUT2D eigenvalue weighted by atomic mass is 10.1. The fourth-order valence-electron chi connectivity index (χ4n) is 4.10. The summed E-state index contributed by atoms with van der Waals surface area (Å²) in [6.45, 7) is 6.37. The van der Waals surface area contributed by atoms with E-state index >= 15 is 0 Å². The van der Waals surface area contributed by atoms with Crippen molar-refractivity contribution in [3.05, 3.63) is 54.6 Å². The molecule has 2 rings (SSSR count). The first-order chi connectivity index (χ1) is 19.1. The Labute approximate surface area is 241 Å². The Hall–Kier alpha value is -3.10. The van der Waals surface area contributed by atoms with Gasteiger partial charge >= 0.3 is 12.0 Å². The predicted molar refractivity (Wildman–Crippen MR) is 162 cm³/mol. The number of hydrogen-bond acceptors (Lipinski definition) is 5. The number of aliphatic hydroxyl groups excluding tert-OH is 1. The van der Waals surface area contributed by atoms with Gasteiger partial charge in [0.15, 0.2) is 0 Å². The van der Waals surface area contributed by atoms with Gasteiger partial charge in [-0.1, -0.05) is 75.6 Å². The number of esters is 1. The molecule has 0 aliphatic carbocycles. The van der Waals surface area contributed by atoms with Crippen molar-refractivity contribution in [1.29, 1.82) is 0 Å². The highest BCUT2D eigenvalue weighted by atomic mass is 16.5. The summed E-state index contributed by atoms with van der Waals surface area (Å²) in [6, 6.07) is 18.1. The maximum absolute atomic E-state index is 12.4. The number of hydrogen-bond donors (Lipinski definition) is 3. The van der Waals surface area contributed by atoms with Gasteiger partial charge in [0.25, 0.3) is 0 Å². The third kappa shape index (κ3) is 16.8. The van der Waals surface area contributed by atoms with Gasteiger partial charge in [0.05, 0.1) is 53.4 Å². The fourth-order valence-corrected chi connectivity index (χ4v) is 4.10. The van der Waals surface area contributed by atoms with Crippen molar-refractivity contribution < 1.29 is 28.7 Å². The number of carbonyl (C=O) groups excluding carboxylic acids is 2. The standard InChI is InChI=1S/C31H47N3O4.CH4O/c1-25(2)24-38-30(35)22-28(23-34(3,4)5)33-31(36)32-20-12-7-6-8-13-21-37-29-18-16-27(17-19-29)26-14-10-9-11-15-26;1-2/h9-11,14-19,25,28H,6-8,12-13,20-24H2,1-5H3,(H-,32,33,36);2H,1H3/p+1/t28-;/m1./s1. The second-order valence-corrected chi connectivity index (χ2v) is 11.4. The van der Waals surface area contributed by atoms with Crippen molar-refractivity contribution in [2.45, 2.75) is 58.4 Å². The highest BCUT2D eigenvalue weighted by Gasteiger charge is 2.23. The van der Waals surface area contributed by atoms with Crippen molar-refractivity contribution in [1.82, 2.24) is 10.6 Å². The van der Waals surface area contributed by atoms with Gasteiger partial charge in [0.2, 0.25) is 0 Å². The molecule has 3 N–H and O–H groups in total. The quantitative estimate of drug-likeness (QED) is 0.140. The summed E-state index contributed by atoms with van der Waals surface area (Å²) >= 11 is 0. The average molecular weight is 559 g/mol. The first kappa shape index (κ1) is 34.9. The minimum Gasteiger partial charge on any atom is -0.494 e. The maximum Gasteiger partial charge on any atom is 0.315 e. The zero-order chi connectivity index (χ0) is 29.8. The third-order valence-corrected chi connectivity index (χ3v) is 5.93.